The number of ether oxygens (including phenoxy) is 1. The predicted octanol–water partition coefficient (Wildman–Crippen LogP) is 4.80. The highest BCUT2D eigenvalue weighted by Gasteiger charge is 2.39. The smallest absolute Gasteiger partial charge is 0.410 e. The third-order valence-electron chi connectivity index (χ3n) is 6.35. The lowest BCUT2D eigenvalue weighted by Crippen LogP contribution is -2.53. The van der Waals surface area contributed by atoms with E-state index in [4.69, 9.17) is 4.74 Å². The third kappa shape index (κ3) is 4.30. The fourth-order valence-electron chi connectivity index (χ4n) is 4.80. The van der Waals surface area contributed by atoms with Gasteiger partial charge in [-0.25, -0.2) is 9.18 Å². The van der Waals surface area contributed by atoms with Crippen LogP contribution in [0.3, 0.4) is 0 Å². The molecule has 2 bridgehead atoms. The number of piperidine rings is 3. The minimum absolute atomic E-state index is 0.0243. The van der Waals surface area contributed by atoms with Gasteiger partial charge in [-0.15, -0.1) is 0 Å². The molecular weight excluding hydrogens is 367 g/mol. The zero-order valence-corrected chi connectivity index (χ0v) is 17.0. The van der Waals surface area contributed by atoms with E-state index in [0.29, 0.717) is 12.5 Å². The molecule has 4 nitrogen and oxygen atoms in total. The lowest BCUT2D eigenvalue weighted by atomic mass is 9.86. The molecule has 0 saturated carbocycles. The number of allylic oxidation sites excluding steroid dienone is 3. The molecule has 1 amide bonds. The van der Waals surface area contributed by atoms with Crippen LogP contribution >= 0.6 is 0 Å². The van der Waals surface area contributed by atoms with Gasteiger partial charge < -0.3 is 4.74 Å². The fraction of sp³-hybridized carbons (Fsp3) is 0.458. The Balaban J connectivity index is 1.55. The van der Waals surface area contributed by atoms with Gasteiger partial charge in [0.15, 0.2) is 0 Å². The molecule has 3 fully saturated rings. The molecule has 0 radical (unpaired) electrons. The first-order valence-electron chi connectivity index (χ1n) is 10.5. The quantitative estimate of drug-likeness (QED) is 0.685. The molecule has 0 unspecified atom stereocenters. The maximum Gasteiger partial charge on any atom is 0.410 e. The summed E-state index contributed by atoms with van der Waals surface area (Å²) in [7, 11) is 0. The number of amides is 1. The Labute approximate surface area is 172 Å². The molecule has 4 aliphatic heterocycles. The molecule has 0 aromatic heterocycles. The van der Waals surface area contributed by atoms with Crippen molar-refractivity contribution in [1.29, 1.82) is 0 Å². The van der Waals surface area contributed by atoms with Crippen LogP contribution in [-0.2, 0) is 11.2 Å². The molecule has 29 heavy (non-hydrogen) atoms. The number of halogens is 1. The fourth-order valence-corrected chi connectivity index (χ4v) is 4.80. The summed E-state index contributed by atoms with van der Waals surface area (Å²) in [4.78, 5) is 17.4. The normalized spacial score (nSPS) is 29.0. The Kier molecular flexibility index (Phi) is 5.86. The average molecular weight is 397 g/mol. The van der Waals surface area contributed by atoms with E-state index in [1.807, 2.05) is 18.2 Å². The van der Waals surface area contributed by atoms with E-state index < -0.39 is 0 Å². The number of carbonyl (C=O) groups excluding carboxylic acids is 1. The second-order valence-electron chi connectivity index (χ2n) is 8.29. The van der Waals surface area contributed by atoms with Gasteiger partial charge in [-0.2, -0.15) is 0 Å². The van der Waals surface area contributed by atoms with Crippen molar-refractivity contribution in [1.82, 2.24) is 9.80 Å². The molecule has 4 heterocycles. The molecule has 1 aromatic rings. The zero-order valence-electron chi connectivity index (χ0n) is 17.0. The highest BCUT2D eigenvalue weighted by Crippen LogP contribution is 2.37. The Hall–Kier alpha value is -2.40. The van der Waals surface area contributed by atoms with Crippen LogP contribution in [0.2, 0.25) is 0 Å². The van der Waals surface area contributed by atoms with E-state index >= 15 is 0 Å². The van der Waals surface area contributed by atoms with Crippen LogP contribution in [0.15, 0.2) is 60.5 Å². The Bertz CT molecular complexity index is 835. The van der Waals surface area contributed by atoms with Gasteiger partial charge in [0.25, 0.3) is 0 Å². The summed E-state index contributed by atoms with van der Waals surface area (Å²) in [6.45, 7) is 9.25. The van der Waals surface area contributed by atoms with Crippen LogP contribution in [0.25, 0.3) is 0 Å². The predicted molar refractivity (Wildman–Crippen MR) is 112 cm³/mol. The summed E-state index contributed by atoms with van der Waals surface area (Å²) in [5.41, 5.74) is 3.04. The monoisotopic (exact) mass is 396 g/mol. The number of hydrogen-bond donors (Lipinski definition) is 0. The van der Waals surface area contributed by atoms with E-state index in [1.54, 1.807) is 17.1 Å². The number of rotatable bonds is 4. The van der Waals surface area contributed by atoms with Gasteiger partial charge in [-0.1, -0.05) is 43.0 Å². The number of nitrogens with zero attached hydrogens (tertiary/aromatic N) is 2. The second kappa shape index (κ2) is 8.54. The highest BCUT2D eigenvalue weighted by atomic mass is 19.1. The summed E-state index contributed by atoms with van der Waals surface area (Å²) in [5, 5.41) is 0. The van der Waals surface area contributed by atoms with Gasteiger partial charge in [-0.3, -0.25) is 9.80 Å². The van der Waals surface area contributed by atoms with Gasteiger partial charge in [0.05, 0.1) is 11.9 Å². The molecule has 5 rings (SSSR count). The van der Waals surface area contributed by atoms with E-state index in [0.717, 1.165) is 50.0 Å². The Morgan fingerprint density at radius 2 is 2.00 bits per heavy atom. The van der Waals surface area contributed by atoms with Gasteiger partial charge in [0.1, 0.15) is 6.10 Å². The summed E-state index contributed by atoms with van der Waals surface area (Å²) >= 11 is 0. The summed E-state index contributed by atoms with van der Waals surface area (Å²) in [6.07, 6.45) is 7.54. The molecule has 154 valence electrons. The summed E-state index contributed by atoms with van der Waals surface area (Å²) in [5.74, 6) is 0.206. The van der Waals surface area contributed by atoms with Crippen molar-refractivity contribution in [2.45, 2.75) is 38.3 Å². The molecule has 0 aliphatic carbocycles. The summed E-state index contributed by atoms with van der Waals surface area (Å²) < 4.78 is 19.1. The van der Waals surface area contributed by atoms with Gasteiger partial charge >= 0.3 is 6.09 Å². The minimum Gasteiger partial charge on any atom is -0.444 e. The maximum absolute atomic E-state index is 13.2. The molecular formula is C24H29FN2O2. The first-order valence-corrected chi connectivity index (χ1v) is 10.5. The van der Waals surface area contributed by atoms with Crippen LogP contribution in [0.5, 0.6) is 0 Å². The zero-order chi connectivity index (χ0) is 20.4. The minimum atomic E-state index is -0.293. The molecule has 4 aliphatic rings. The first kappa shape index (κ1) is 19.9. The topological polar surface area (TPSA) is 32.8 Å². The SMILES string of the molecule is C=C(/C=C\C=C(/C)F)[C@@H]1c2ccccc2CCN1C(=O)O[C@@H]1CN2CCC1CC2. The van der Waals surface area contributed by atoms with Gasteiger partial charge in [-0.05, 0) is 68.0 Å². The van der Waals surface area contributed by atoms with Crippen molar-refractivity contribution in [3.8, 4) is 0 Å². The maximum atomic E-state index is 13.2. The van der Waals surface area contributed by atoms with E-state index in [9.17, 15) is 9.18 Å². The second-order valence-corrected chi connectivity index (χ2v) is 8.29. The van der Waals surface area contributed by atoms with Crippen molar-refractivity contribution in [2.24, 2.45) is 5.92 Å². The molecule has 3 saturated heterocycles. The van der Waals surface area contributed by atoms with Crippen molar-refractivity contribution in [3.63, 3.8) is 0 Å². The highest BCUT2D eigenvalue weighted by molar-refractivity contribution is 5.70. The Morgan fingerprint density at radius 3 is 2.69 bits per heavy atom. The average Bonchev–Trinajstić information content (AvgIpc) is 2.73. The van der Waals surface area contributed by atoms with Crippen LogP contribution < -0.4 is 0 Å². The molecule has 0 spiro atoms. The van der Waals surface area contributed by atoms with Crippen LogP contribution in [0.4, 0.5) is 9.18 Å². The van der Waals surface area contributed by atoms with Crippen molar-refractivity contribution >= 4 is 6.09 Å². The number of carbonyl (C=O) groups is 1. The molecule has 2 atom stereocenters. The van der Waals surface area contributed by atoms with Gasteiger partial charge in [0.2, 0.25) is 0 Å². The van der Waals surface area contributed by atoms with Crippen molar-refractivity contribution in [2.75, 3.05) is 26.2 Å². The molecule has 0 N–H and O–H groups in total. The van der Waals surface area contributed by atoms with E-state index in [-0.39, 0.29) is 24.1 Å². The number of benzene rings is 1. The third-order valence-corrected chi connectivity index (χ3v) is 6.35. The van der Waals surface area contributed by atoms with E-state index in [2.05, 4.69) is 17.5 Å². The van der Waals surface area contributed by atoms with Crippen LogP contribution in [-0.4, -0.2) is 48.2 Å². The standard InChI is InChI=1S/C24H29FN2O2/c1-17(6-5-7-18(2)25)23-21-9-4-3-8-19(21)12-15-27(23)24(28)29-22-16-26-13-10-20(22)11-14-26/h3-9,20,22-23H,1,10-16H2,2H3/b6-5-,18-7+/t22-,23-/m1/s1. The first-order chi connectivity index (χ1) is 14.0. The lowest BCUT2D eigenvalue weighted by molar-refractivity contribution is -0.0462. The van der Waals surface area contributed by atoms with Gasteiger partial charge in [0, 0.05) is 13.1 Å². The number of fused-ring (bicyclic) bond motifs is 4. The summed E-state index contributed by atoms with van der Waals surface area (Å²) in [6, 6.07) is 7.85. The van der Waals surface area contributed by atoms with Crippen LogP contribution in [0.1, 0.15) is 36.9 Å². The van der Waals surface area contributed by atoms with Crippen molar-refractivity contribution in [3.05, 3.63) is 71.6 Å². The number of hydrogen-bond acceptors (Lipinski definition) is 3. The van der Waals surface area contributed by atoms with Crippen LogP contribution in [0, 0.1) is 5.92 Å². The molecule has 5 heteroatoms. The Morgan fingerprint density at radius 1 is 1.24 bits per heavy atom. The molecule has 1 aromatic carbocycles. The van der Waals surface area contributed by atoms with Crippen molar-refractivity contribution < 1.29 is 13.9 Å². The largest absolute Gasteiger partial charge is 0.444 e. The van der Waals surface area contributed by atoms with E-state index in [1.165, 1.54) is 18.6 Å². The lowest BCUT2D eigenvalue weighted by Gasteiger charge is -2.45.